The first-order valence-corrected chi connectivity index (χ1v) is 2.64. The van der Waals surface area contributed by atoms with Crippen molar-refractivity contribution in [3.63, 3.8) is 0 Å². The lowest BCUT2D eigenvalue weighted by molar-refractivity contribution is -0.305. The van der Waals surface area contributed by atoms with Gasteiger partial charge in [0.1, 0.15) is 5.76 Å². The number of alkyl halides is 3. The smallest absolute Gasteiger partial charge is 0.409 e. The second-order valence-corrected chi connectivity index (χ2v) is 1.75. The SMILES string of the molecule is FC(F)(F)OC1=[C]CNC1. The molecule has 10 heavy (non-hydrogen) atoms. The maximum Gasteiger partial charge on any atom is 0.572 e. The molecule has 0 bridgehead atoms. The van der Waals surface area contributed by atoms with Crippen molar-refractivity contribution in [3.05, 3.63) is 11.8 Å². The van der Waals surface area contributed by atoms with Crippen molar-refractivity contribution in [2.45, 2.75) is 6.36 Å². The number of hydrogen-bond acceptors (Lipinski definition) is 2. The first kappa shape index (κ1) is 7.40. The minimum absolute atomic E-state index is 0.111. The van der Waals surface area contributed by atoms with E-state index in [0.29, 0.717) is 6.54 Å². The van der Waals surface area contributed by atoms with Crippen LogP contribution in [0.15, 0.2) is 5.76 Å². The van der Waals surface area contributed by atoms with Crippen LogP contribution in [0.5, 0.6) is 0 Å². The van der Waals surface area contributed by atoms with Crippen LogP contribution in [-0.2, 0) is 4.74 Å². The summed E-state index contributed by atoms with van der Waals surface area (Å²) in [5.41, 5.74) is 0. The summed E-state index contributed by atoms with van der Waals surface area (Å²) in [5, 5.41) is 2.62. The van der Waals surface area contributed by atoms with Crippen molar-refractivity contribution in [2.24, 2.45) is 0 Å². The minimum Gasteiger partial charge on any atom is -0.409 e. The Bertz CT molecular complexity index is 151. The van der Waals surface area contributed by atoms with Gasteiger partial charge in [0.05, 0.1) is 6.54 Å². The van der Waals surface area contributed by atoms with Crippen LogP contribution in [-0.4, -0.2) is 19.5 Å². The second kappa shape index (κ2) is 2.49. The van der Waals surface area contributed by atoms with Gasteiger partial charge in [0.25, 0.3) is 0 Å². The molecule has 0 aromatic rings. The molecule has 2 nitrogen and oxygen atoms in total. The Balaban J connectivity index is 2.38. The van der Waals surface area contributed by atoms with Crippen molar-refractivity contribution >= 4 is 0 Å². The van der Waals surface area contributed by atoms with Crippen LogP contribution < -0.4 is 5.32 Å². The summed E-state index contributed by atoms with van der Waals surface area (Å²) in [6, 6.07) is 0. The Morgan fingerprint density at radius 2 is 2.20 bits per heavy atom. The van der Waals surface area contributed by atoms with Crippen molar-refractivity contribution in [3.8, 4) is 0 Å². The fourth-order valence-corrected chi connectivity index (χ4v) is 0.611. The lowest BCUT2D eigenvalue weighted by atomic mass is 10.5. The van der Waals surface area contributed by atoms with Crippen LogP contribution in [0.25, 0.3) is 0 Å². The van der Waals surface area contributed by atoms with Gasteiger partial charge < -0.3 is 10.1 Å². The topological polar surface area (TPSA) is 21.3 Å². The van der Waals surface area contributed by atoms with Crippen LogP contribution in [0.1, 0.15) is 0 Å². The zero-order chi connectivity index (χ0) is 7.61. The van der Waals surface area contributed by atoms with Gasteiger partial charge >= 0.3 is 6.36 Å². The second-order valence-electron chi connectivity index (χ2n) is 1.75. The van der Waals surface area contributed by atoms with E-state index in [-0.39, 0.29) is 12.3 Å². The molecule has 1 heterocycles. The molecule has 0 saturated carbocycles. The number of halogens is 3. The van der Waals surface area contributed by atoms with E-state index in [1.54, 1.807) is 0 Å². The standard InChI is InChI=1S/C5H5F3NO/c6-5(7,8)10-4-1-2-9-3-4/h9H,2-3H2. The highest BCUT2D eigenvalue weighted by molar-refractivity contribution is 4.97. The average Bonchev–Trinajstić information content (AvgIpc) is 2.12. The summed E-state index contributed by atoms with van der Waals surface area (Å²) in [4.78, 5) is 0. The molecule has 0 amide bonds. The molecule has 57 valence electrons. The van der Waals surface area contributed by atoms with Crippen LogP contribution in [0, 0.1) is 6.08 Å². The minimum atomic E-state index is -4.58. The highest BCUT2D eigenvalue weighted by Gasteiger charge is 2.32. The summed E-state index contributed by atoms with van der Waals surface area (Å²) in [6.45, 7) is 0.435. The Hall–Kier alpha value is -0.710. The predicted octanol–water partition coefficient (Wildman–Crippen LogP) is 0.813. The van der Waals surface area contributed by atoms with Crippen LogP contribution in [0.4, 0.5) is 13.2 Å². The van der Waals surface area contributed by atoms with Gasteiger partial charge in [0.2, 0.25) is 0 Å². The lowest BCUT2D eigenvalue weighted by Gasteiger charge is -2.07. The van der Waals surface area contributed by atoms with E-state index in [9.17, 15) is 13.2 Å². The molecule has 0 spiro atoms. The Kier molecular flexibility index (Phi) is 1.85. The van der Waals surface area contributed by atoms with Crippen molar-refractivity contribution in [2.75, 3.05) is 13.1 Å². The van der Waals surface area contributed by atoms with E-state index >= 15 is 0 Å². The van der Waals surface area contributed by atoms with Crippen molar-refractivity contribution in [1.29, 1.82) is 0 Å². The molecule has 0 aromatic heterocycles. The predicted molar refractivity (Wildman–Crippen MR) is 26.8 cm³/mol. The molecular weight excluding hydrogens is 147 g/mol. The highest BCUT2D eigenvalue weighted by Crippen LogP contribution is 2.20. The molecule has 0 aliphatic carbocycles. The van der Waals surface area contributed by atoms with Gasteiger partial charge in [-0.3, -0.25) is 0 Å². The van der Waals surface area contributed by atoms with E-state index in [4.69, 9.17) is 0 Å². The number of rotatable bonds is 1. The molecule has 0 aromatic carbocycles. The summed E-state index contributed by atoms with van der Waals surface area (Å²) < 4.78 is 37.7. The Labute approximate surface area is 55.7 Å². The van der Waals surface area contributed by atoms with E-state index in [2.05, 4.69) is 16.1 Å². The van der Waals surface area contributed by atoms with E-state index in [1.165, 1.54) is 0 Å². The van der Waals surface area contributed by atoms with Crippen LogP contribution >= 0.6 is 0 Å². The van der Waals surface area contributed by atoms with Gasteiger partial charge in [-0.2, -0.15) is 0 Å². The quantitative estimate of drug-likeness (QED) is 0.600. The largest absolute Gasteiger partial charge is 0.572 e. The third-order valence-corrected chi connectivity index (χ3v) is 0.935. The van der Waals surface area contributed by atoms with Gasteiger partial charge in [-0.05, 0) is 0 Å². The van der Waals surface area contributed by atoms with E-state index in [1.807, 2.05) is 0 Å². The number of hydrogen-bond donors (Lipinski definition) is 1. The third kappa shape index (κ3) is 2.26. The maximum atomic E-state index is 11.4. The molecule has 0 saturated heterocycles. The third-order valence-electron chi connectivity index (χ3n) is 0.935. The van der Waals surface area contributed by atoms with Crippen LogP contribution in [0.3, 0.4) is 0 Å². The van der Waals surface area contributed by atoms with Gasteiger partial charge in [-0.1, -0.05) is 0 Å². The molecule has 1 aliphatic rings. The van der Waals surface area contributed by atoms with Gasteiger partial charge in [-0.25, -0.2) is 0 Å². The molecule has 1 N–H and O–H groups in total. The Morgan fingerprint density at radius 3 is 2.60 bits per heavy atom. The molecule has 1 rings (SSSR count). The number of nitrogens with one attached hydrogen (secondary N) is 1. The highest BCUT2D eigenvalue weighted by atomic mass is 19.4. The molecule has 0 unspecified atom stereocenters. The molecule has 1 aliphatic heterocycles. The first-order valence-electron chi connectivity index (χ1n) is 2.64. The first-order chi connectivity index (χ1) is 4.58. The monoisotopic (exact) mass is 152 g/mol. The molecule has 0 atom stereocenters. The van der Waals surface area contributed by atoms with Gasteiger partial charge in [0, 0.05) is 12.6 Å². The lowest BCUT2D eigenvalue weighted by Crippen LogP contribution is -2.16. The molecule has 5 heteroatoms. The molecular formula is C5H5F3NO. The normalized spacial score (nSPS) is 18.9. The fraction of sp³-hybridized carbons (Fsp3) is 0.600. The zero-order valence-electron chi connectivity index (χ0n) is 4.96. The van der Waals surface area contributed by atoms with Crippen molar-refractivity contribution in [1.82, 2.24) is 5.32 Å². The van der Waals surface area contributed by atoms with Crippen molar-refractivity contribution < 1.29 is 17.9 Å². The van der Waals surface area contributed by atoms with Gasteiger partial charge in [0.15, 0.2) is 0 Å². The Morgan fingerprint density at radius 1 is 1.50 bits per heavy atom. The van der Waals surface area contributed by atoms with E-state index < -0.39 is 6.36 Å². The summed E-state index contributed by atoms with van der Waals surface area (Å²) >= 11 is 0. The molecule has 0 fully saturated rings. The number of ether oxygens (including phenoxy) is 1. The average molecular weight is 152 g/mol. The zero-order valence-corrected chi connectivity index (χ0v) is 4.96. The van der Waals surface area contributed by atoms with Gasteiger partial charge in [-0.15, -0.1) is 13.2 Å². The summed E-state index contributed by atoms with van der Waals surface area (Å²) in [7, 11) is 0. The maximum absolute atomic E-state index is 11.4. The van der Waals surface area contributed by atoms with Crippen LogP contribution in [0.2, 0.25) is 0 Å². The van der Waals surface area contributed by atoms with E-state index in [0.717, 1.165) is 0 Å². The fourth-order valence-electron chi connectivity index (χ4n) is 0.611. The summed E-state index contributed by atoms with van der Waals surface area (Å²) in [5.74, 6) is -0.174. The summed E-state index contributed by atoms with van der Waals surface area (Å²) in [6.07, 6.45) is -2.20. The molecule has 1 radical (unpaired) electrons.